The van der Waals surface area contributed by atoms with Crippen molar-refractivity contribution in [2.45, 2.75) is 46.2 Å². The number of aromatic nitrogens is 2. The van der Waals surface area contributed by atoms with E-state index in [4.69, 9.17) is 0 Å². The molecular formula is C14H26N4. The van der Waals surface area contributed by atoms with Crippen LogP contribution in [0.1, 0.15) is 32.9 Å². The van der Waals surface area contributed by atoms with Crippen LogP contribution >= 0.6 is 0 Å². The van der Waals surface area contributed by atoms with Gasteiger partial charge in [0.25, 0.3) is 0 Å². The molecule has 2 rings (SSSR count). The molecule has 0 bridgehead atoms. The molecule has 2 heterocycles. The summed E-state index contributed by atoms with van der Waals surface area (Å²) in [6, 6.07) is 3.29. The summed E-state index contributed by atoms with van der Waals surface area (Å²) < 4.78 is 1.96. The van der Waals surface area contributed by atoms with Gasteiger partial charge in [0.05, 0.1) is 0 Å². The first kappa shape index (κ1) is 13.4. The van der Waals surface area contributed by atoms with Crippen molar-refractivity contribution in [2.24, 2.45) is 13.0 Å². The molecule has 1 saturated heterocycles. The maximum Gasteiger partial charge on any atom is 0.151 e. The highest BCUT2D eigenvalue weighted by molar-refractivity contribution is 5.41. The second-order valence-electron chi connectivity index (χ2n) is 6.00. The molecule has 0 saturated carbocycles. The zero-order valence-corrected chi connectivity index (χ0v) is 12.3. The predicted octanol–water partition coefficient (Wildman–Crippen LogP) is 1.94. The van der Waals surface area contributed by atoms with E-state index in [1.807, 2.05) is 11.7 Å². The minimum atomic E-state index is 0.516. The van der Waals surface area contributed by atoms with E-state index in [1.54, 1.807) is 0 Å². The number of hydrogen-bond donors (Lipinski definition) is 1. The lowest BCUT2D eigenvalue weighted by Gasteiger charge is -2.39. The number of aryl methyl sites for hydroxylation is 2. The largest absolute Gasteiger partial charge is 0.350 e. The molecule has 0 radical (unpaired) electrons. The first-order valence-corrected chi connectivity index (χ1v) is 6.98. The van der Waals surface area contributed by atoms with Crippen molar-refractivity contribution < 1.29 is 0 Å². The molecule has 102 valence electrons. The molecule has 1 fully saturated rings. The maximum absolute atomic E-state index is 4.61. The van der Waals surface area contributed by atoms with Crippen LogP contribution < -0.4 is 10.2 Å². The summed E-state index contributed by atoms with van der Waals surface area (Å²) in [6.45, 7) is 11.1. The monoisotopic (exact) mass is 250 g/mol. The Balaban J connectivity index is 2.10. The molecule has 2 atom stereocenters. The third-order valence-electron chi connectivity index (χ3n) is 3.80. The standard InChI is InChI=1S/C14H26N4/c1-10(2)6-13-9-18(12(4)8-15-13)14-7-11(3)17(5)16-14/h7,10,12-13,15H,6,8-9H2,1-5H3. The number of anilines is 1. The van der Waals surface area contributed by atoms with Crippen molar-refractivity contribution in [3.63, 3.8) is 0 Å². The Kier molecular flexibility index (Phi) is 3.95. The van der Waals surface area contributed by atoms with Gasteiger partial charge in [-0.15, -0.1) is 0 Å². The lowest BCUT2D eigenvalue weighted by atomic mass is 10.0. The molecule has 0 aromatic carbocycles. The molecule has 0 aliphatic carbocycles. The van der Waals surface area contributed by atoms with Crippen molar-refractivity contribution in [3.05, 3.63) is 11.8 Å². The van der Waals surface area contributed by atoms with Gasteiger partial charge in [0.1, 0.15) is 0 Å². The van der Waals surface area contributed by atoms with Gasteiger partial charge in [0.15, 0.2) is 5.82 Å². The highest BCUT2D eigenvalue weighted by Gasteiger charge is 2.27. The summed E-state index contributed by atoms with van der Waals surface area (Å²) in [4.78, 5) is 2.44. The van der Waals surface area contributed by atoms with Crippen LogP contribution in [0.5, 0.6) is 0 Å². The Morgan fingerprint density at radius 2 is 2.22 bits per heavy atom. The van der Waals surface area contributed by atoms with Gasteiger partial charge in [-0.2, -0.15) is 5.10 Å². The van der Waals surface area contributed by atoms with Crippen LogP contribution in [0.3, 0.4) is 0 Å². The Bertz CT molecular complexity index is 377. The van der Waals surface area contributed by atoms with Crippen LogP contribution in [0.4, 0.5) is 5.82 Å². The highest BCUT2D eigenvalue weighted by Crippen LogP contribution is 2.21. The lowest BCUT2D eigenvalue weighted by Crippen LogP contribution is -2.56. The minimum Gasteiger partial charge on any atom is -0.350 e. The summed E-state index contributed by atoms with van der Waals surface area (Å²) in [6.07, 6.45) is 1.23. The molecule has 4 nitrogen and oxygen atoms in total. The van der Waals surface area contributed by atoms with Gasteiger partial charge in [-0.05, 0) is 26.2 Å². The zero-order valence-electron chi connectivity index (χ0n) is 12.3. The van der Waals surface area contributed by atoms with Gasteiger partial charge in [-0.1, -0.05) is 13.8 Å². The van der Waals surface area contributed by atoms with Gasteiger partial charge in [0, 0.05) is 44.0 Å². The first-order chi connectivity index (χ1) is 8.47. The Morgan fingerprint density at radius 1 is 1.50 bits per heavy atom. The fourth-order valence-corrected chi connectivity index (χ4v) is 2.66. The highest BCUT2D eigenvalue weighted by atomic mass is 15.4. The average Bonchev–Trinajstić information content (AvgIpc) is 2.61. The van der Waals surface area contributed by atoms with Crippen molar-refractivity contribution in [1.29, 1.82) is 0 Å². The third-order valence-corrected chi connectivity index (χ3v) is 3.80. The third kappa shape index (κ3) is 2.86. The quantitative estimate of drug-likeness (QED) is 0.890. The molecule has 18 heavy (non-hydrogen) atoms. The van der Waals surface area contributed by atoms with Gasteiger partial charge < -0.3 is 10.2 Å². The Morgan fingerprint density at radius 3 is 2.78 bits per heavy atom. The predicted molar refractivity (Wildman–Crippen MR) is 76.0 cm³/mol. The number of piperazine rings is 1. The van der Waals surface area contributed by atoms with Gasteiger partial charge in [-0.25, -0.2) is 0 Å². The van der Waals surface area contributed by atoms with Crippen LogP contribution in [-0.2, 0) is 7.05 Å². The molecular weight excluding hydrogens is 224 g/mol. The number of nitrogens with one attached hydrogen (secondary N) is 1. The topological polar surface area (TPSA) is 33.1 Å². The molecule has 0 amide bonds. The summed E-state index contributed by atoms with van der Waals surface area (Å²) in [7, 11) is 2.01. The van der Waals surface area contributed by atoms with Crippen LogP contribution in [-0.4, -0.2) is 35.0 Å². The second kappa shape index (κ2) is 5.31. The van der Waals surface area contributed by atoms with Crippen molar-refractivity contribution in [1.82, 2.24) is 15.1 Å². The minimum absolute atomic E-state index is 0.516. The number of hydrogen-bond acceptors (Lipinski definition) is 3. The molecule has 1 aromatic heterocycles. The fraction of sp³-hybridized carbons (Fsp3) is 0.786. The molecule has 0 spiro atoms. The summed E-state index contributed by atoms with van der Waals surface area (Å²) in [5, 5.41) is 8.26. The first-order valence-electron chi connectivity index (χ1n) is 6.98. The van der Waals surface area contributed by atoms with E-state index >= 15 is 0 Å². The van der Waals surface area contributed by atoms with E-state index in [9.17, 15) is 0 Å². The van der Waals surface area contributed by atoms with E-state index in [2.05, 4.69) is 49.1 Å². The molecule has 1 N–H and O–H groups in total. The smallest absolute Gasteiger partial charge is 0.151 e. The molecule has 2 unspecified atom stereocenters. The second-order valence-corrected chi connectivity index (χ2v) is 6.00. The van der Waals surface area contributed by atoms with Gasteiger partial charge >= 0.3 is 0 Å². The lowest BCUT2D eigenvalue weighted by molar-refractivity contribution is 0.354. The molecule has 1 aromatic rings. The Hall–Kier alpha value is -1.03. The van der Waals surface area contributed by atoms with Gasteiger partial charge in [-0.3, -0.25) is 4.68 Å². The van der Waals surface area contributed by atoms with E-state index in [1.165, 1.54) is 12.1 Å². The normalized spacial score (nSPS) is 24.9. The van der Waals surface area contributed by atoms with E-state index in [0.29, 0.717) is 12.1 Å². The fourth-order valence-electron chi connectivity index (χ4n) is 2.66. The average molecular weight is 250 g/mol. The summed E-state index contributed by atoms with van der Waals surface area (Å²) >= 11 is 0. The summed E-state index contributed by atoms with van der Waals surface area (Å²) in [5.74, 6) is 1.86. The van der Waals surface area contributed by atoms with Crippen LogP contribution in [0, 0.1) is 12.8 Å². The molecule has 1 aliphatic rings. The van der Waals surface area contributed by atoms with E-state index in [0.717, 1.165) is 24.8 Å². The van der Waals surface area contributed by atoms with Crippen LogP contribution in [0.2, 0.25) is 0 Å². The van der Waals surface area contributed by atoms with Crippen molar-refractivity contribution >= 4 is 5.82 Å². The zero-order chi connectivity index (χ0) is 13.3. The van der Waals surface area contributed by atoms with E-state index < -0.39 is 0 Å². The number of nitrogens with zero attached hydrogens (tertiary/aromatic N) is 3. The molecule has 4 heteroatoms. The van der Waals surface area contributed by atoms with Crippen LogP contribution in [0.25, 0.3) is 0 Å². The van der Waals surface area contributed by atoms with Crippen molar-refractivity contribution in [2.75, 3.05) is 18.0 Å². The van der Waals surface area contributed by atoms with E-state index in [-0.39, 0.29) is 0 Å². The summed E-state index contributed by atoms with van der Waals surface area (Å²) in [5.41, 5.74) is 1.22. The Labute approximate surface area is 110 Å². The number of rotatable bonds is 3. The van der Waals surface area contributed by atoms with Gasteiger partial charge in [0.2, 0.25) is 0 Å². The van der Waals surface area contributed by atoms with Crippen molar-refractivity contribution in [3.8, 4) is 0 Å². The van der Waals surface area contributed by atoms with Crippen LogP contribution in [0.15, 0.2) is 6.07 Å². The maximum atomic E-state index is 4.61. The molecule has 1 aliphatic heterocycles. The SMILES string of the molecule is Cc1cc(N2CC(CC(C)C)NCC2C)nn1C.